The van der Waals surface area contributed by atoms with Crippen LogP contribution >= 0.6 is 0 Å². The fraction of sp³-hybridized carbons (Fsp3) is 0.143. The molecular formula is C14H13NO3. The largest absolute Gasteiger partial charge is 0.494 e. The first kappa shape index (κ1) is 12.1. The quantitative estimate of drug-likeness (QED) is 0.900. The Kier molecular flexibility index (Phi) is 3.28. The van der Waals surface area contributed by atoms with Gasteiger partial charge in [0, 0.05) is 11.8 Å². The molecule has 18 heavy (non-hydrogen) atoms. The van der Waals surface area contributed by atoms with Crippen molar-refractivity contribution in [1.29, 1.82) is 0 Å². The van der Waals surface area contributed by atoms with Crippen LogP contribution < -0.4 is 4.74 Å². The van der Waals surface area contributed by atoms with Gasteiger partial charge >= 0.3 is 5.97 Å². The van der Waals surface area contributed by atoms with Gasteiger partial charge in [-0.15, -0.1) is 0 Å². The Labute approximate surface area is 105 Å². The van der Waals surface area contributed by atoms with E-state index in [0.717, 1.165) is 16.8 Å². The van der Waals surface area contributed by atoms with E-state index in [-0.39, 0.29) is 5.56 Å². The van der Waals surface area contributed by atoms with Gasteiger partial charge in [0.2, 0.25) is 0 Å². The molecule has 0 amide bonds. The van der Waals surface area contributed by atoms with Crippen LogP contribution in [0.4, 0.5) is 0 Å². The number of carboxylic acids is 1. The Morgan fingerprint density at radius 1 is 1.33 bits per heavy atom. The third-order valence-electron chi connectivity index (χ3n) is 2.72. The second-order valence-electron chi connectivity index (χ2n) is 3.89. The molecule has 0 fully saturated rings. The molecule has 0 spiro atoms. The topological polar surface area (TPSA) is 59.4 Å². The van der Waals surface area contributed by atoms with Crippen LogP contribution in [0, 0.1) is 6.92 Å². The third-order valence-corrected chi connectivity index (χ3v) is 2.72. The molecule has 0 bridgehead atoms. The molecule has 4 nitrogen and oxygen atoms in total. The number of aromatic nitrogens is 1. The number of hydrogen-bond acceptors (Lipinski definition) is 3. The van der Waals surface area contributed by atoms with E-state index >= 15 is 0 Å². The normalized spacial score (nSPS) is 10.1. The van der Waals surface area contributed by atoms with Gasteiger partial charge in [0.15, 0.2) is 0 Å². The number of nitrogens with zero attached hydrogens (tertiary/aromatic N) is 1. The molecule has 0 saturated heterocycles. The van der Waals surface area contributed by atoms with E-state index in [1.165, 1.54) is 0 Å². The fourth-order valence-electron chi connectivity index (χ4n) is 1.82. The van der Waals surface area contributed by atoms with Crippen LogP contribution in [-0.4, -0.2) is 23.2 Å². The Morgan fingerprint density at radius 2 is 2.11 bits per heavy atom. The van der Waals surface area contributed by atoms with Crippen molar-refractivity contribution in [3.05, 3.63) is 47.7 Å². The minimum absolute atomic E-state index is 0.270. The lowest BCUT2D eigenvalue weighted by molar-refractivity contribution is 0.0697. The second kappa shape index (κ2) is 4.87. The Balaban J connectivity index is 2.54. The van der Waals surface area contributed by atoms with Crippen LogP contribution in [-0.2, 0) is 0 Å². The Morgan fingerprint density at radius 3 is 2.72 bits per heavy atom. The average Bonchev–Trinajstić information content (AvgIpc) is 2.38. The minimum Gasteiger partial charge on any atom is -0.494 e. The van der Waals surface area contributed by atoms with E-state index in [9.17, 15) is 4.79 Å². The van der Waals surface area contributed by atoms with Gasteiger partial charge in [-0.3, -0.25) is 4.98 Å². The smallest absolute Gasteiger partial charge is 0.335 e. The summed E-state index contributed by atoms with van der Waals surface area (Å²) in [7, 11) is 1.58. The maximum Gasteiger partial charge on any atom is 0.335 e. The highest BCUT2D eigenvalue weighted by Gasteiger charge is 2.11. The zero-order valence-electron chi connectivity index (χ0n) is 10.2. The lowest BCUT2D eigenvalue weighted by Gasteiger charge is -2.10. The lowest BCUT2D eigenvalue weighted by Crippen LogP contribution is -1.98. The maximum absolute atomic E-state index is 10.9. The third kappa shape index (κ3) is 2.18. The summed E-state index contributed by atoms with van der Waals surface area (Å²) in [6.45, 7) is 1.86. The SMILES string of the molecule is COc1cccnc1-c1ccc(C(=O)O)cc1C. The van der Waals surface area contributed by atoms with Crippen molar-refractivity contribution in [2.24, 2.45) is 0 Å². The van der Waals surface area contributed by atoms with Gasteiger partial charge in [-0.1, -0.05) is 6.07 Å². The summed E-state index contributed by atoms with van der Waals surface area (Å²) in [4.78, 5) is 15.2. The molecule has 0 saturated carbocycles. The molecule has 0 atom stereocenters. The minimum atomic E-state index is -0.933. The number of benzene rings is 1. The van der Waals surface area contributed by atoms with E-state index < -0.39 is 5.97 Å². The molecular weight excluding hydrogens is 230 g/mol. The lowest BCUT2D eigenvalue weighted by atomic mass is 10.0. The molecule has 1 aromatic heterocycles. The second-order valence-corrected chi connectivity index (χ2v) is 3.89. The van der Waals surface area contributed by atoms with Gasteiger partial charge in [0.05, 0.1) is 12.7 Å². The number of hydrogen-bond donors (Lipinski definition) is 1. The number of pyridine rings is 1. The Bertz CT molecular complexity index is 593. The first-order valence-corrected chi connectivity index (χ1v) is 5.47. The zero-order chi connectivity index (χ0) is 13.1. The first-order chi connectivity index (χ1) is 8.63. The highest BCUT2D eigenvalue weighted by atomic mass is 16.5. The van der Waals surface area contributed by atoms with Crippen molar-refractivity contribution in [3.8, 4) is 17.0 Å². The molecule has 4 heteroatoms. The Hall–Kier alpha value is -2.36. The van der Waals surface area contributed by atoms with E-state index in [4.69, 9.17) is 9.84 Å². The molecule has 92 valence electrons. The predicted octanol–water partition coefficient (Wildman–Crippen LogP) is 2.76. The van der Waals surface area contributed by atoms with Gasteiger partial charge in [-0.2, -0.15) is 0 Å². The number of carboxylic acid groups (broad SMARTS) is 1. The highest BCUT2D eigenvalue weighted by Crippen LogP contribution is 2.30. The molecule has 2 rings (SSSR count). The summed E-state index contributed by atoms with van der Waals surface area (Å²) in [6.07, 6.45) is 1.68. The number of aryl methyl sites for hydroxylation is 1. The summed E-state index contributed by atoms with van der Waals surface area (Å²) in [6, 6.07) is 8.57. The van der Waals surface area contributed by atoms with Crippen molar-refractivity contribution >= 4 is 5.97 Å². The van der Waals surface area contributed by atoms with Gasteiger partial charge in [-0.05, 0) is 36.8 Å². The number of rotatable bonds is 3. The van der Waals surface area contributed by atoms with Crippen LogP contribution in [0.1, 0.15) is 15.9 Å². The van der Waals surface area contributed by atoms with Gasteiger partial charge in [0.1, 0.15) is 11.4 Å². The molecule has 0 aliphatic heterocycles. The summed E-state index contributed by atoms with van der Waals surface area (Å²) in [5.41, 5.74) is 2.71. The molecule has 0 radical (unpaired) electrons. The number of carbonyl (C=O) groups is 1. The summed E-state index contributed by atoms with van der Waals surface area (Å²) >= 11 is 0. The highest BCUT2D eigenvalue weighted by molar-refractivity contribution is 5.89. The predicted molar refractivity (Wildman–Crippen MR) is 67.9 cm³/mol. The van der Waals surface area contributed by atoms with Crippen LogP contribution in [0.25, 0.3) is 11.3 Å². The van der Waals surface area contributed by atoms with Crippen molar-refractivity contribution < 1.29 is 14.6 Å². The first-order valence-electron chi connectivity index (χ1n) is 5.47. The number of methoxy groups -OCH3 is 1. The van der Waals surface area contributed by atoms with Gasteiger partial charge in [-0.25, -0.2) is 4.79 Å². The number of aromatic carboxylic acids is 1. The van der Waals surface area contributed by atoms with Crippen LogP contribution in [0.3, 0.4) is 0 Å². The van der Waals surface area contributed by atoms with Crippen molar-refractivity contribution in [3.63, 3.8) is 0 Å². The molecule has 0 aliphatic carbocycles. The molecule has 1 aromatic carbocycles. The van der Waals surface area contributed by atoms with Gasteiger partial charge < -0.3 is 9.84 Å². The van der Waals surface area contributed by atoms with Crippen LogP contribution in [0.2, 0.25) is 0 Å². The van der Waals surface area contributed by atoms with Crippen molar-refractivity contribution in [2.75, 3.05) is 7.11 Å². The zero-order valence-corrected chi connectivity index (χ0v) is 10.2. The summed E-state index contributed by atoms with van der Waals surface area (Å²) in [5, 5.41) is 8.93. The standard InChI is InChI=1S/C14H13NO3/c1-9-8-10(14(16)17)5-6-11(9)13-12(18-2)4-3-7-15-13/h3-8H,1-2H3,(H,16,17). The summed E-state index contributed by atoms with van der Waals surface area (Å²) < 4.78 is 5.25. The van der Waals surface area contributed by atoms with E-state index in [0.29, 0.717) is 5.75 Å². The van der Waals surface area contributed by atoms with Crippen molar-refractivity contribution in [2.45, 2.75) is 6.92 Å². The van der Waals surface area contributed by atoms with E-state index in [1.807, 2.05) is 13.0 Å². The summed E-state index contributed by atoms with van der Waals surface area (Å²) in [5.74, 6) is -0.263. The van der Waals surface area contributed by atoms with E-state index in [2.05, 4.69) is 4.98 Å². The molecule has 0 unspecified atom stereocenters. The average molecular weight is 243 g/mol. The fourth-order valence-corrected chi connectivity index (χ4v) is 1.82. The molecule has 1 heterocycles. The monoisotopic (exact) mass is 243 g/mol. The van der Waals surface area contributed by atoms with E-state index in [1.54, 1.807) is 37.6 Å². The molecule has 1 N–H and O–H groups in total. The maximum atomic E-state index is 10.9. The van der Waals surface area contributed by atoms with Gasteiger partial charge in [0.25, 0.3) is 0 Å². The number of ether oxygens (including phenoxy) is 1. The van der Waals surface area contributed by atoms with Crippen LogP contribution in [0.5, 0.6) is 5.75 Å². The van der Waals surface area contributed by atoms with Crippen molar-refractivity contribution in [1.82, 2.24) is 4.98 Å². The van der Waals surface area contributed by atoms with Crippen LogP contribution in [0.15, 0.2) is 36.5 Å². The molecule has 2 aromatic rings. The molecule has 0 aliphatic rings.